The van der Waals surface area contributed by atoms with Crippen LogP contribution in [0.4, 0.5) is 5.69 Å². The van der Waals surface area contributed by atoms with Gasteiger partial charge in [-0.05, 0) is 42.3 Å². The predicted molar refractivity (Wildman–Crippen MR) is 122 cm³/mol. The van der Waals surface area contributed by atoms with Crippen molar-refractivity contribution in [3.05, 3.63) is 100 Å². The second-order valence-electron chi connectivity index (χ2n) is 7.25. The molecule has 1 heterocycles. The fraction of sp³-hybridized carbons (Fsp3) is 0.120. The first-order valence-electron chi connectivity index (χ1n) is 9.88. The topological polar surface area (TPSA) is 58.6 Å². The van der Waals surface area contributed by atoms with Gasteiger partial charge in [0.05, 0.1) is 5.69 Å². The molecule has 6 heteroatoms. The van der Waals surface area contributed by atoms with Crippen LogP contribution in [0, 0.1) is 6.92 Å². The monoisotopic (exact) mass is 432 g/mol. The number of para-hydroxylation sites is 2. The zero-order valence-electron chi connectivity index (χ0n) is 17.0. The predicted octanol–water partition coefficient (Wildman–Crippen LogP) is 4.73. The highest BCUT2D eigenvalue weighted by atomic mass is 35.5. The summed E-state index contributed by atoms with van der Waals surface area (Å²) in [5.41, 5.74) is 3.36. The van der Waals surface area contributed by atoms with E-state index in [1.807, 2.05) is 49.4 Å². The molecular formula is C25H21ClN2O3. The molecule has 0 aromatic heterocycles. The van der Waals surface area contributed by atoms with Crippen molar-refractivity contribution in [1.82, 2.24) is 5.32 Å². The third kappa shape index (κ3) is 4.78. The van der Waals surface area contributed by atoms with E-state index in [1.54, 1.807) is 36.4 Å². The van der Waals surface area contributed by atoms with E-state index >= 15 is 0 Å². The zero-order valence-corrected chi connectivity index (χ0v) is 17.7. The third-order valence-electron chi connectivity index (χ3n) is 4.94. The molecule has 4 rings (SSSR count). The summed E-state index contributed by atoms with van der Waals surface area (Å²) >= 11 is 6.23. The van der Waals surface area contributed by atoms with Crippen LogP contribution in [-0.4, -0.2) is 18.4 Å². The molecule has 0 unspecified atom stereocenters. The summed E-state index contributed by atoms with van der Waals surface area (Å²) in [6, 6.07) is 22.2. The molecule has 0 spiro atoms. The summed E-state index contributed by atoms with van der Waals surface area (Å²) in [7, 11) is 0. The quantitative estimate of drug-likeness (QED) is 0.593. The number of anilines is 1. The number of amides is 2. The first kappa shape index (κ1) is 20.7. The maximum Gasteiger partial charge on any atom is 0.294 e. The van der Waals surface area contributed by atoms with Crippen molar-refractivity contribution in [3.63, 3.8) is 0 Å². The molecule has 0 aliphatic carbocycles. The first-order valence-corrected chi connectivity index (χ1v) is 10.3. The Bertz CT molecular complexity index is 1160. The van der Waals surface area contributed by atoms with Crippen molar-refractivity contribution < 1.29 is 14.3 Å². The van der Waals surface area contributed by atoms with E-state index in [4.69, 9.17) is 16.3 Å². The van der Waals surface area contributed by atoms with Gasteiger partial charge < -0.3 is 10.1 Å². The van der Waals surface area contributed by atoms with E-state index in [-0.39, 0.29) is 18.2 Å². The van der Waals surface area contributed by atoms with Gasteiger partial charge in [-0.3, -0.25) is 14.5 Å². The summed E-state index contributed by atoms with van der Waals surface area (Å²) in [5, 5.41) is 3.38. The van der Waals surface area contributed by atoms with E-state index in [2.05, 4.69) is 5.32 Å². The van der Waals surface area contributed by atoms with Crippen LogP contribution in [0.25, 0.3) is 6.08 Å². The Labute approximate surface area is 185 Å². The minimum absolute atomic E-state index is 0.109. The Morgan fingerprint density at radius 2 is 1.74 bits per heavy atom. The van der Waals surface area contributed by atoms with Gasteiger partial charge in [-0.15, -0.1) is 0 Å². The maximum atomic E-state index is 13.2. The highest BCUT2D eigenvalue weighted by molar-refractivity contribution is 6.32. The van der Waals surface area contributed by atoms with Crippen molar-refractivity contribution in [3.8, 4) is 5.75 Å². The van der Waals surface area contributed by atoms with Gasteiger partial charge in [0.1, 0.15) is 6.54 Å². The Balaban J connectivity index is 1.55. The molecule has 1 N–H and O–H groups in total. The standard InChI is InChI=1S/C25H21ClN2O3/c1-17-10-12-18(13-11-17)15-27-24(29)16-28-21-8-4-5-9-22(21)31-23(25(28)30)14-19-6-2-3-7-20(19)26/h2-14H,15-16H2,1H3,(H,27,29)/b23-14+. The molecule has 31 heavy (non-hydrogen) atoms. The van der Waals surface area contributed by atoms with Crippen LogP contribution in [0.1, 0.15) is 16.7 Å². The van der Waals surface area contributed by atoms with Gasteiger partial charge in [-0.1, -0.05) is 71.8 Å². The molecule has 0 fully saturated rings. The molecule has 5 nitrogen and oxygen atoms in total. The van der Waals surface area contributed by atoms with Crippen LogP contribution in [-0.2, 0) is 16.1 Å². The summed E-state index contributed by atoms with van der Waals surface area (Å²) in [5.74, 6) is -0.0447. The number of nitrogens with zero attached hydrogens (tertiary/aromatic N) is 1. The van der Waals surface area contributed by atoms with Crippen LogP contribution < -0.4 is 15.0 Å². The van der Waals surface area contributed by atoms with Crippen molar-refractivity contribution in [2.45, 2.75) is 13.5 Å². The highest BCUT2D eigenvalue weighted by Crippen LogP contribution is 2.35. The number of nitrogens with one attached hydrogen (secondary N) is 1. The summed E-state index contributed by atoms with van der Waals surface area (Å²) < 4.78 is 5.83. The van der Waals surface area contributed by atoms with Gasteiger partial charge in [0.25, 0.3) is 5.91 Å². The molecule has 0 saturated carbocycles. The van der Waals surface area contributed by atoms with Gasteiger partial charge in [-0.2, -0.15) is 0 Å². The molecule has 1 aliphatic heterocycles. The fourth-order valence-corrected chi connectivity index (χ4v) is 3.45. The van der Waals surface area contributed by atoms with Crippen molar-refractivity contribution in [2.75, 3.05) is 11.4 Å². The lowest BCUT2D eigenvalue weighted by molar-refractivity contribution is -0.123. The number of carbonyl (C=O) groups is 2. The molecule has 0 radical (unpaired) electrons. The SMILES string of the molecule is Cc1ccc(CNC(=O)CN2C(=O)/C(=C\c3ccccc3Cl)Oc3ccccc32)cc1. The zero-order chi connectivity index (χ0) is 21.8. The number of rotatable bonds is 5. The molecule has 1 aliphatic rings. The summed E-state index contributed by atoms with van der Waals surface area (Å²) in [6.45, 7) is 2.28. The fourth-order valence-electron chi connectivity index (χ4n) is 3.26. The second-order valence-corrected chi connectivity index (χ2v) is 7.66. The summed E-state index contributed by atoms with van der Waals surface area (Å²) in [4.78, 5) is 27.2. The minimum atomic E-state index is -0.399. The molecule has 0 atom stereocenters. The van der Waals surface area contributed by atoms with E-state index in [9.17, 15) is 9.59 Å². The first-order chi connectivity index (χ1) is 15.0. The average molecular weight is 433 g/mol. The molecule has 2 amide bonds. The number of hydrogen-bond acceptors (Lipinski definition) is 3. The van der Waals surface area contributed by atoms with Crippen LogP contribution in [0.2, 0.25) is 5.02 Å². The van der Waals surface area contributed by atoms with Crippen molar-refractivity contribution >= 4 is 35.2 Å². The summed E-state index contributed by atoms with van der Waals surface area (Å²) in [6.07, 6.45) is 1.60. The van der Waals surface area contributed by atoms with Crippen LogP contribution in [0.5, 0.6) is 5.75 Å². The Hall–Kier alpha value is -3.57. The smallest absolute Gasteiger partial charge is 0.294 e. The number of halogens is 1. The average Bonchev–Trinajstić information content (AvgIpc) is 2.77. The Morgan fingerprint density at radius 1 is 1.03 bits per heavy atom. The van der Waals surface area contributed by atoms with Crippen LogP contribution in [0.3, 0.4) is 0 Å². The minimum Gasteiger partial charge on any atom is -0.449 e. The lowest BCUT2D eigenvalue weighted by atomic mass is 10.1. The molecule has 3 aromatic rings. The third-order valence-corrected chi connectivity index (χ3v) is 5.28. The molecular weight excluding hydrogens is 412 g/mol. The molecule has 0 bridgehead atoms. The molecule has 0 saturated heterocycles. The van der Waals surface area contributed by atoms with E-state index in [0.717, 1.165) is 11.1 Å². The number of aryl methyl sites for hydroxylation is 1. The maximum absolute atomic E-state index is 13.2. The lowest BCUT2D eigenvalue weighted by Crippen LogP contribution is -2.44. The van der Waals surface area contributed by atoms with Gasteiger partial charge in [-0.25, -0.2) is 0 Å². The lowest BCUT2D eigenvalue weighted by Gasteiger charge is -2.30. The van der Waals surface area contributed by atoms with Gasteiger partial charge >= 0.3 is 0 Å². The van der Waals surface area contributed by atoms with Crippen LogP contribution >= 0.6 is 11.6 Å². The normalized spacial score (nSPS) is 14.2. The number of benzene rings is 3. The number of hydrogen-bond donors (Lipinski definition) is 1. The van der Waals surface area contributed by atoms with E-state index in [1.165, 1.54) is 4.90 Å². The number of fused-ring (bicyclic) bond motifs is 1. The molecule has 3 aromatic carbocycles. The van der Waals surface area contributed by atoms with Gasteiger partial charge in [0, 0.05) is 11.6 Å². The van der Waals surface area contributed by atoms with Crippen LogP contribution in [0.15, 0.2) is 78.6 Å². The highest BCUT2D eigenvalue weighted by Gasteiger charge is 2.31. The van der Waals surface area contributed by atoms with E-state index < -0.39 is 5.91 Å². The van der Waals surface area contributed by atoms with Crippen molar-refractivity contribution in [1.29, 1.82) is 0 Å². The van der Waals surface area contributed by atoms with Crippen molar-refractivity contribution in [2.24, 2.45) is 0 Å². The largest absolute Gasteiger partial charge is 0.449 e. The Kier molecular flexibility index (Phi) is 6.05. The van der Waals surface area contributed by atoms with Gasteiger partial charge in [0.15, 0.2) is 11.5 Å². The number of carbonyl (C=O) groups excluding carboxylic acids is 2. The van der Waals surface area contributed by atoms with E-state index in [0.29, 0.717) is 28.6 Å². The molecule has 156 valence electrons. The Morgan fingerprint density at radius 3 is 2.52 bits per heavy atom. The second kappa shape index (κ2) is 9.06. The number of ether oxygens (including phenoxy) is 1. The van der Waals surface area contributed by atoms with Gasteiger partial charge in [0.2, 0.25) is 5.91 Å².